The predicted molar refractivity (Wildman–Crippen MR) is 73.7 cm³/mol. The van der Waals surface area contributed by atoms with Gasteiger partial charge < -0.3 is 10.3 Å². The monoisotopic (exact) mass is 238 g/mol. The topological polar surface area (TPSA) is 30.9 Å². The highest BCUT2D eigenvalue weighted by Crippen LogP contribution is 2.08. The minimum atomic E-state index is 0.496. The Labute approximate surface area is 104 Å². The molecule has 3 heteroatoms. The molecule has 90 valence electrons. The maximum absolute atomic E-state index is 5.64. The van der Waals surface area contributed by atoms with Crippen molar-refractivity contribution in [3.05, 3.63) is 24.0 Å². The highest BCUT2D eigenvalue weighted by atomic mass is 32.1. The predicted octanol–water partition coefficient (Wildman–Crippen LogP) is 3.48. The summed E-state index contributed by atoms with van der Waals surface area (Å²) in [4.78, 5) is 0.496. The molecule has 0 spiro atoms. The Morgan fingerprint density at radius 1 is 1.25 bits per heavy atom. The van der Waals surface area contributed by atoms with Gasteiger partial charge in [-0.2, -0.15) is 0 Å². The number of aryl methyl sites for hydroxylation is 1. The van der Waals surface area contributed by atoms with Crippen LogP contribution in [0, 0.1) is 0 Å². The van der Waals surface area contributed by atoms with Gasteiger partial charge in [-0.1, -0.05) is 51.2 Å². The molecule has 0 unspecified atom stereocenters. The lowest BCUT2D eigenvalue weighted by Gasteiger charge is -2.07. The number of hydrogen-bond donors (Lipinski definition) is 1. The maximum atomic E-state index is 5.64. The lowest BCUT2D eigenvalue weighted by Crippen LogP contribution is -2.15. The normalized spacial score (nSPS) is 10.6. The fraction of sp³-hybridized carbons (Fsp3) is 0.615. The van der Waals surface area contributed by atoms with Crippen molar-refractivity contribution in [1.29, 1.82) is 0 Å². The molecule has 0 radical (unpaired) electrons. The lowest BCUT2D eigenvalue weighted by molar-refractivity contribution is 0.558. The number of aromatic nitrogens is 1. The number of rotatable bonds is 8. The van der Waals surface area contributed by atoms with E-state index in [0.717, 1.165) is 12.2 Å². The van der Waals surface area contributed by atoms with E-state index in [1.807, 2.05) is 12.1 Å². The van der Waals surface area contributed by atoms with E-state index in [4.69, 9.17) is 18.0 Å². The second kappa shape index (κ2) is 7.44. The van der Waals surface area contributed by atoms with E-state index in [0.29, 0.717) is 4.99 Å². The third kappa shape index (κ3) is 4.35. The van der Waals surface area contributed by atoms with Crippen LogP contribution in [-0.2, 0) is 6.54 Å². The summed E-state index contributed by atoms with van der Waals surface area (Å²) in [5.74, 6) is 0. The van der Waals surface area contributed by atoms with Gasteiger partial charge in [0.25, 0.3) is 0 Å². The molecule has 0 bridgehead atoms. The summed E-state index contributed by atoms with van der Waals surface area (Å²) >= 11 is 5.00. The van der Waals surface area contributed by atoms with Gasteiger partial charge in [0, 0.05) is 12.7 Å². The average Bonchev–Trinajstić information content (AvgIpc) is 2.71. The molecule has 0 aliphatic rings. The van der Waals surface area contributed by atoms with Gasteiger partial charge in [-0.3, -0.25) is 0 Å². The first-order chi connectivity index (χ1) is 7.75. The van der Waals surface area contributed by atoms with Crippen molar-refractivity contribution >= 4 is 17.2 Å². The summed E-state index contributed by atoms with van der Waals surface area (Å²) in [5.41, 5.74) is 6.63. The van der Waals surface area contributed by atoms with E-state index in [9.17, 15) is 0 Å². The molecule has 2 N–H and O–H groups in total. The van der Waals surface area contributed by atoms with Crippen molar-refractivity contribution in [3.63, 3.8) is 0 Å². The van der Waals surface area contributed by atoms with Crippen LogP contribution < -0.4 is 5.73 Å². The van der Waals surface area contributed by atoms with Gasteiger partial charge in [0.05, 0.1) is 5.69 Å². The van der Waals surface area contributed by atoms with Crippen LogP contribution in [0.3, 0.4) is 0 Å². The molecule has 0 aliphatic heterocycles. The van der Waals surface area contributed by atoms with Crippen LogP contribution in [-0.4, -0.2) is 9.56 Å². The van der Waals surface area contributed by atoms with E-state index in [2.05, 4.69) is 17.7 Å². The van der Waals surface area contributed by atoms with Crippen LogP contribution in [0.2, 0.25) is 0 Å². The quantitative estimate of drug-likeness (QED) is 0.555. The zero-order chi connectivity index (χ0) is 11.8. The van der Waals surface area contributed by atoms with Gasteiger partial charge in [0.1, 0.15) is 4.99 Å². The van der Waals surface area contributed by atoms with Gasteiger partial charge >= 0.3 is 0 Å². The maximum Gasteiger partial charge on any atom is 0.120 e. The lowest BCUT2D eigenvalue weighted by atomic mass is 10.1. The Hall–Kier alpha value is -0.830. The van der Waals surface area contributed by atoms with E-state index in [1.54, 1.807) is 0 Å². The molecular weight excluding hydrogens is 216 g/mol. The summed E-state index contributed by atoms with van der Waals surface area (Å²) in [5, 5.41) is 0. The van der Waals surface area contributed by atoms with Crippen LogP contribution in [0.4, 0.5) is 0 Å². The summed E-state index contributed by atoms with van der Waals surface area (Å²) < 4.78 is 2.15. The molecule has 0 atom stereocenters. The number of nitrogens with two attached hydrogens (primary N) is 1. The molecule has 0 aliphatic carbocycles. The number of thiocarbonyl (C=S) groups is 1. The summed E-state index contributed by atoms with van der Waals surface area (Å²) in [6, 6.07) is 3.99. The summed E-state index contributed by atoms with van der Waals surface area (Å²) in [6.45, 7) is 3.28. The van der Waals surface area contributed by atoms with Gasteiger partial charge in [-0.25, -0.2) is 0 Å². The van der Waals surface area contributed by atoms with E-state index in [1.165, 1.54) is 38.5 Å². The molecule has 16 heavy (non-hydrogen) atoms. The minimum absolute atomic E-state index is 0.496. The Morgan fingerprint density at radius 2 is 1.94 bits per heavy atom. The molecule has 1 heterocycles. The van der Waals surface area contributed by atoms with Crippen LogP contribution in [0.1, 0.15) is 51.1 Å². The second-order valence-corrected chi connectivity index (χ2v) is 4.66. The first kappa shape index (κ1) is 13.2. The Kier molecular flexibility index (Phi) is 6.16. The smallest absolute Gasteiger partial charge is 0.120 e. The van der Waals surface area contributed by atoms with E-state index >= 15 is 0 Å². The summed E-state index contributed by atoms with van der Waals surface area (Å²) in [6.07, 6.45) is 9.95. The Morgan fingerprint density at radius 3 is 2.62 bits per heavy atom. The number of hydrogen-bond acceptors (Lipinski definition) is 1. The average molecular weight is 238 g/mol. The largest absolute Gasteiger partial charge is 0.388 e. The van der Waals surface area contributed by atoms with Gasteiger partial charge in [0.2, 0.25) is 0 Å². The molecule has 1 aromatic heterocycles. The minimum Gasteiger partial charge on any atom is -0.388 e. The van der Waals surface area contributed by atoms with E-state index < -0.39 is 0 Å². The zero-order valence-electron chi connectivity index (χ0n) is 10.1. The molecule has 1 aromatic rings. The first-order valence-corrected chi connectivity index (χ1v) is 6.61. The molecule has 0 aromatic carbocycles. The molecule has 0 amide bonds. The third-order valence-corrected chi connectivity index (χ3v) is 3.04. The van der Waals surface area contributed by atoms with Crippen molar-refractivity contribution in [2.45, 2.75) is 52.0 Å². The van der Waals surface area contributed by atoms with Crippen molar-refractivity contribution in [1.82, 2.24) is 4.57 Å². The molecule has 0 fully saturated rings. The van der Waals surface area contributed by atoms with Crippen LogP contribution in [0.5, 0.6) is 0 Å². The molecule has 1 rings (SSSR count). The Bertz CT molecular complexity index is 317. The van der Waals surface area contributed by atoms with Crippen LogP contribution in [0.25, 0.3) is 0 Å². The third-order valence-electron chi connectivity index (χ3n) is 2.83. The molecule has 0 saturated carbocycles. The van der Waals surface area contributed by atoms with Crippen molar-refractivity contribution < 1.29 is 0 Å². The number of nitrogens with zero attached hydrogens (tertiary/aromatic N) is 1. The summed E-state index contributed by atoms with van der Waals surface area (Å²) in [7, 11) is 0. The second-order valence-electron chi connectivity index (χ2n) is 4.22. The van der Waals surface area contributed by atoms with Gasteiger partial charge in [-0.15, -0.1) is 0 Å². The van der Waals surface area contributed by atoms with Crippen LogP contribution >= 0.6 is 12.2 Å². The standard InChI is InChI=1S/C13H22N2S/c1-2-3-4-5-6-7-10-15-11-8-9-12(15)13(14)16/h8-9,11H,2-7,10H2,1H3,(H2,14,16). The fourth-order valence-electron chi connectivity index (χ4n) is 1.90. The Balaban J connectivity index is 2.21. The van der Waals surface area contributed by atoms with Crippen molar-refractivity contribution in [2.75, 3.05) is 0 Å². The number of unbranched alkanes of at least 4 members (excludes halogenated alkanes) is 5. The van der Waals surface area contributed by atoms with Gasteiger partial charge in [-0.05, 0) is 18.6 Å². The molecule has 2 nitrogen and oxygen atoms in total. The SMILES string of the molecule is CCCCCCCCn1cccc1C(N)=S. The van der Waals surface area contributed by atoms with E-state index in [-0.39, 0.29) is 0 Å². The molecule has 0 saturated heterocycles. The zero-order valence-corrected chi connectivity index (χ0v) is 10.9. The van der Waals surface area contributed by atoms with Crippen molar-refractivity contribution in [2.24, 2.45) is 5.73 Å². The van der Waals surface area contributed by atoms with Gasteiger partial charge in [0.15, 0.2) is 0 Å². The van der Waals surface area contributed by atoms with Crippen LogP contribution in [0.15, 0.2) is 18.3 Å². The first-order valence-electron chi connectivity index (χ1n) is 6.20. The van der Waals surface area contributed by atoms with Crippen molar-refractivity contribution in [3.8, 4) is 0 Å². The fourth-order valence-corrected chi connectivity index (χ4v) is 2.08. The highest BCUT2D eigenvalue weighted by molar-refractivity contribution is 7.80. The molecular formula is C13H22N2S. The highest BCUT2D eigenvalue weighted by Gasteiger charge is 2.02.